The van der Waals surface area contributed by atoms with E-state index in [1.807, 2.05) is 65.4 Å². The molecule has 3 aromatic rings. The molecule has 0 bridgehead atoms. The van der Waals surface area contributed by atoms with Gasteiger partial charge in [-0.25, -0.2) is 0 Å². The third-order valence-electron chi connectivity index (χ3n) is 4.85. The van der Waals surface area contributed by atoms with Gasteiger partial charge in [-0.15, -0.1) is 0 Å². The number of fused-ring (bicyclic) bond motifs is 1. The van der Waals surface area contributed by atoms with Gasteiger partial charge in [-0.3, -0.25) is 4.79 Å². The van der Waals surface area contributed by atoms with Crippen molar-refractivity contribution in [2.45, 2.75) is 19.1 Å². The topological polar surface area (TPSA) is 59.0 Å². The van der Waals surface area contributed by atoms with Crippen LogP contribution < -0.4 is 9.47 Å². The number of thiophene rings is 1. The van der Waals surface area contributed by atoms with E-state index in [0.29, 0.717) is 31.3 Å². The summed E-state index contributed by atoms with van der Waals surface area (Å²) < 4.78 is 11.2. The second-order valence-electron chi connectivity index (χ2n) is 6.99. The van der Waals surface area contributed by atoms with Gasteiger partial charge in [0.1, 0.15) is 13.2 Å². The maximum Gasteiger partial charge on any atom is 0.227 e. The summed E-state index contributed by atoms with van der Waals surface area (Å²) in [4.78, 5) is 14.9. The smallest absolute Gasteiger partial charge is 0.227 e. The summed E-state index contributed by atoms with van der Waals surface area (Å²) in [5.74, 6) is 1.34. The fraction of sp³-hybridized carbons (Fsp3) is 0.261. The van der Waals surface area contributed by atoms with Crippen LogP contribution in [0.5, 0.6) is 11.5 Å². The number of hydrogen-bond donors (Lipinski definition) is 1. The molecular weight excluding hydrogens is 386 g/mol. The van der Waals surface area contributed by atoms with Gasteiger partial charge in [0.15, 0.2) is 11.5 Å². The molecule has 1 amide bonds. The third-order valence-corrected chi connectivity index (χ3v) is 5.55. The van der Waals surface area contributed by atoms with Crippen LogP contribution in [-0.2, 0) is 17.8 Å². The molecule has 1 N–H and O–H groups in total. The van der Waals surface area contributed by atoms with Crippen LogP contribution in [0.1, 0.15) is 22.8 Å². The first-order valence-electron chi connectivity index (χ1n) is 9.59. The Morgan fingerprint density at radius 3 is 2.59 bits per heavy atom. The van der Waals surface area contributed by atoms with E-state index in [2.05, 4.69) is 0 Å². The summed E-state index contributed by atoms with van der Waals surface area (Å²) in [6, 6.07) is 17.3. The highest BCUT2D eigenvalue weighted by Crippen LogP contribution is 2.31. The second kappa shape index (κ2) is 9.11. The fourth-order valence-electron chi connectivity index (χ4n) is 3.32. The normalized spacial score (nSPS) is 13.7. The molecule has 0 aliphatic carbocycles. The van der Waals surface area contributed by atoms with Crippen molar-refractivity contribution < 1.29 is 19.4 Å². The van der Waals surface area contributed by atoms with Crippen molar-refractivity contribution in [3.63, 3.8) is 0 Å². The predicted octanol–water partition coefficient (Wildman–Crippen LogP) is 3.82. The van der Waals surface area contributed by atoms with Crippen LogP contribution in [0.3, 0.4) is 0 Å². The summed E-state index contributed by atoms with van der Waals surface area (Å²) in [5, 5.41) is 14.4. The van der Waals surface area contributed by atoms with E-state index in [1.54, 1.807) is 4.90 Å². The summed E-state index contributed by atoms with van der Waals surface area (Å²) in [6.45, 7) is 1.74. The molecule has 1 atom stereocenters. The van der Waals surface area contributed by atoms with E-state index < -0.39 is 6.10 Å². The number of carbonyl (C=O) groups is 1. The van der Waals surface area contributed by atoms with E-state index in [9.17, 15) is 9.90 Å². The first-order valence-corrected chi connectivity index (χ1v) is 10.5. The Labute approximate surface area is 174 Å². The maximum atomic E-state index is 13.1. The van der Waals surface area contributed by atoms with Crippen LogP contribution in [-0.4, -0.2) is 35.7 Å². The fourth-order valence-corrected chi connectivity index (χ4v) is 4.03. The Bertz CT molecular complexity index is 943. The van der Waals surface area contributed by atoms with Crippen molar-refractivity contribution in [3.05, 3.63) is 82.0 Å². The van der Waals surface area contributed by atoms with Crippen molar-refractivity contribution >= 4 is 17.2 Å². The highest BCUT2D eigenvalue weighted by atomic mass is 32.1. The molecule has 2 aromatic carbocycles. The molecule has 0 saturated carbocycles. The zero-order chi connectivity index (χ0) is 20.1. The first kappa shape index (κ1) is 19.5. The molecule has 0 fully saturated rings. The quantitative estimate of drug-likeness (QED) is 0.644. The van der Waals surface area contributed by atoms with Gasteiger partial charge in [-0.05, 0) is 45.6 Å². The van der Waals surface area contributed by atoms with E-state index in [4.69, 9.17) is 9.47 Å². The zero-order valence-corrected chi connectivity index (χ0v) is 16.8. The van der Waals surface area contributed by atoms with Crippen LogP contribution in [0.15, 0.2) is 65.4 Å². The number of benzene rings is 2. The predicted molar refractivity (Wildman–Crippen MR) is 112 cm³/mol. The van der Waals surface area contributed by atoms with Crippen molar-refractivity contribution in [1.82, 2.24) is 4.90 Å². The average Bonchev–Trinajstić information content (AvgIpc) is 3.29. The molecule has 150 valence electrons. The van der Waals surface area contributed by atoms with E-state index in [-0.39, 0.29) is 18.9 Å². The minimum Gasteiger partial charge on any atom is -0.486 e. The molecule has 4 rings (SSSR count). The SMILES string of the molecule is O=C(Cc1ccc2c(c1)OCCO2)N(Cc1ccccc1)C[C@@H](O)c1ccsc1. The van der Waals surface area contributed by atoms with Crippen LogP contribution in [0, 0.1) is 0 Å². The molecule has 1 aliphatic rings. The Hall–Kier alpha value is -2.83. The lowest BCUT2D eigenvalue weighted by Gasteiger charge is -2.26. The van der Waals surface area contributed by atoms with Crippen LogP contribution in [0.4, 0.5) is 0 Å². The van der Waals surface area contributed by atoms with Gasteiger partial charge < -0.3 is 19.5 Å². The molecule has 0 spiro atoms. The molecule has 1 aromatic heterocycles. The molecular formula is C23H23NO4S. The number of carbonyl (C=O) groups excluding carboxylic acids is 1. The molecule has 2 heterocycles. The summed E-state index contributed by atoms with van der Waals surface area (Å²) >= 11 is 1.53. The number of aliphatic hydroxyl groups is 1. The Morgan fingerprint density at radius 1 is 1.03 bits per heavy atom. The molecule has 29 heavy (non-hydrogen) atoms. The molecule has 6 heteroatoms. The van der Waals surface area contributed by atoms with Gasteiger partial charge >= 0.3 is 0 Å². The Kier molecular flexibility index (Phi) is 6.12. The van der Waals surface area contributed by atoms with Crippen molar-refractivity contribution in [1.29, 1.82) is 0 Å². The number of hydrogen-bond acceptors (Lipinski definition) is 5. The average molecular weight is 410 g/mol. The number of nitrogens with zero attached hydrogens (tertiary/aromatic N) is 1. The summed E-state index contributed by atoms with van der Waals surface area (Å²) in [6.07, 6.45) is -0.478. The lowest BCUT2D eigenvalue weighted by molar-refractivity contribution is -0.132. The third kappa shape index (κ3) is 4.96. The molecule has 1 aliphatic heterocycles. The monoisotopic (exact) mass is 409 g/mol. The van der Waals surface area contributed by atoms with E-state index >= 15 is 0 Å². The highest BCUT2D eigenvalue weighted by molar-refractivity contribution is 7.07. The van der Waals surface area contributed by atoms with Crippen molar-refractivity contribution in [3.8, 4) is 11.5 Å². The highest BCUT2D eigenvalue weighted by Gasteiger charge is 2.21. The van der Waals surface area contributed by atoms with Gasteiger partial charge in [0.05, 0.1) is 19.1 Å². The maximum absolute atomic E-state index is 13.1. The molecule has 0 saturated heterocycles. The van der Waals surface area contributed by atoms with Gasteiger partial charge in [0.2, 0.25) is 5.91 Å². The summed E-state index contributed by atoms with van der Waals surface area (Å²) in [7, 11) is 0. The Morgan fingerprint density at radius 2 is 1.83 bits per heavy atom. The lowest BCUT2D eigenvalue weighted by atomic mass is 10.1. The Balaban J connectivity index is 1.50. The van der Waals surface area contributed by atoms with Gasteiger partial charge in [0.25, 0.3) is 0 Å². The van der Waals surface area contributed by atoms with E-state index in [1.165, 1.54) is 11.3 Å². The minimum absolute atomic E-state index is 0.0418. The van der Waals surface area contributed by atoms with E-state index in [0.717, 1.165) is 16.7 Å². The van der Waals surface area contributed by atoms with Crippen molar-refractivity contribution in [2.24, 2.45) is 0 Å². The molecule has 0 radical (unpaired) electrons. The van der Waals surface area contributed by atoms with Gasteiger partial charge in [0, 0.05) is 6.54 Å². The standard InChI is InChI=1S/C23H23NO4S/c25-20(19-8-11-29-16-19)15-24(14-17-4-2-1-3-5-17)23(26)13-18-6-7-21-22(12-18)28-10-9-27-21/h1-8,11-12,16,20,25H,9-10,13-15H2/t20-/m1/s1. The lowest BCUT2D eigenvalue weighted by Crippen LogP contribution is -2.35. The van der Waals surface area contributed by atoms with Crippen LogP contribution in [0.2, 0.25) is 0 Å². The minimum atomic E-state index is -0.714. The second-order valence-corrected chi connectivity index (χ2v) is 7.77. The zero-order valence-electron chi connectivity index (χ0n) is 16.0. The van der Waals surface area contributed by atoms with Gasteiger partial charge in [-0.1, -0.05) is 36.4 Å². The van der Waals surface area contributed by atoms with Crippen molar-refractivity contribution in [2.75, 3.05) is 19.8 Å². The molecule has 5 nitrogen and oxygen atoms in total. The number of ether oxygens (including phenoxy) is 2. The summed E-state index contributed by atoms with van der Waals surface area (Å²) in [5.41, 5.74) is 2.73. The number of aliphatic hydroxyl groups excluding tert-OH is 1. The largest absolute Gasteiger partial charge is 0.486 e. The number of amides is 1. The van der Waals surface area contributed by atoms with Crippen LogP contribution >= 0.6 is 11.3 Å². The first-order chi connectivity index (χ1) is 14.2. The van der Waals surface area contributed by atoms with Crippen LogP contribution in [0.25, 0.3) is 0 Å². The number of rotatable bonds is 7. The molecule has 0 unspecified atom stereocenters. The van der Waals surface area contributed by atoms with Gasteiger partial charge in [-0.2, -0.15) is 11.3 Å².